The van der Waals surface area contributed by atoms with E-state index in [2.05, 4.69) is 26.3 Å². The molecule has 0 aliphatic rings. The third-order valence-electron chi connectivity index (χ3n) is 4.92. The van der Waals surface area contributed by atoms with Crippen LogP contribution in [0.5, 0.6) is 23.0 Å². The van der Waals surface area contributed by atoms with Gasteiger partial charge in [0.05, 0.1) is 25.0 Å². The first-order chi connectivity index (χ1) is 17.7. The molecule has 36 heavy (non-hydrogen) atoms. The Morgan fingerprint density at radius 2 is 0.944 bits per heavy atom. The lowest BCUT2D eigenvalue weighted by Crippen LogP contribution is -1.87. The van der Waals surface area contributed by atoms with E-state index < -0.39 is 0 Å². The lowest BCUT2D eigenvalue weighted by atomic mass is 10.0. The summed E-state index contributed by atoms with van der Waals surface area (Å²) in [5.41, 5.74) is 4.19. The van der Waals surface area contributed by atoms with E-state index in [1.165, 1.54) is 25.0 Å². The molecule has 0 atom stereocenters. The van der Waals surface area contributed by atoms with E-state index in [0.29, 0.717) is 0 Å². The molecule has 4 heteroatoms. The molecular weight excluding hydrogens is 448 g/mol. The van der Waals surface area contributed by atoms with E-state index >= 15 is 0 Å². The van der Waals surface area contributed by atoms with Crippen LogP contribution in [0.15, 0.2) is 148 Å². The highest BCUT2D eigenvalue weighted by molar-refractivity contribution is 5.71. The van der Waals surface area contributed by atoms with Gasteiger partial charge in [0, 0.05) is 5.56 Å². The zero-order valence-corrected chi connectivity index (χ0v) is 20.0. The third-order valence-corrected chi connectivity index (χ3v) is 4.92. The van der Waals surface area contributed by atoms with Crippen molar-refractivity contribution in [2.24, 2.45) is 0 Å². The van der Waals surface area contributed by atoms with Gasteiger partial charge in [-0.3, -0.25) is 0 Å². The fourth-order valence-electron chi connectivity index (χ4n) is 3.40. The molecular formula is C32H28O4. The van der Waals surface area contributed by atoms with Crippen LogP contribution < -0.4 is 18.9 Å². The van der Waals surface area contributed by atoms with Gasteiger partial charge in [-0.2, -0.15) is 0 Å². The molecule has 0 fully saturated rings. The van der Waals surface area contributed by atoms with Crippen molar-refractivity contribution in [1.82, 2.24) is 0 Å². The molecule has 0 aliphatic heterocycles. The summed E-state index contributed by atoms with van der Waals surface area (Å²) in [6.07, 6.45) is 5.65. The van der Waals surface area contributed by atoms with E-state index in [0.717, 1.165) is 45.3 Å². The van der Waals surface area contributed by atoms with E-state index in [4.69, 9.17) is 18.9 Å². The first kappa shape index (κ1) is 25.7. The average molecular weight is 477 g/mol. The van der Waals surface area contributed by atoms with Crippen molar-refractivity contribution >= 4 is 0 Å². The summed E-state index contributed by atoms with van der Waals surface area (Å²) >= 11 is 0. The minimum atomic E-state index is 0.746. The number of ether oxygens (including phenoxy) is 4. The van der Waals surface area contributed by atoms with Crippen LogP contribution in [0.3, 0.4) is 0 Å². The molecule has 0 radical (unpaired) electrons. The van der Waals surface area contributed by atoms with Crippen LogP contribution in [0.25, 0.3) is 22.3 Å². The minimum Gasteiger partial charge on any atom is -0.466 e. The van der Waals surface area contributed by atoms with Crippen molar-refractivity contribution < 1.29 is 18.9 Å². The van der Waals surface area contributed by atoms with Crippen molar-refractivity contribution in [2.75, 3.05) is 0 Å². The Morgan fingerprint density at radius 3 is 1.56 bits per heavy atom. The highest BCUT2D eigenvalue weighted by Crippen LogP contribution is 2.32. The van der Waals surface area contributed by atoms with Crippen molar-refractivity contribution in [1.29, 1.82) is 0 Å². The first-order valence-corrected chi connectivity index (χ1v) is 11.2. The lowest BCUT2D eigenvalue weighted by molar-refractivity contribution is 0.482. The van der Waals surface area contributed by atoms with Crippen LogP contribution >= 0.6 is 0 Å². The maximum Gasteiger partial charge on any atom is 0.134 e. The van der Waals surface area contributed by atoms with Crippen LogP contribution in [0.4, 0.5) is 0 Å². The molecule has 4 nitrogen and oxygen atoms in total. The molecule has 0 heterocycles. The smallest absolute Gasteiger partial charge is 0.134 e. The standard InChI is InChI=1S/2C16H14O2/c1-3-17-14-9-7-8-13(12-14)15-10-5-6-11-16(15)18-4-2;1-3-17-15-10-8-13(9-11-15)14-6-5-7-16(12-14)18-4-2/h2*3-12H,1-2H2. The number of hydrogen-bond acceptors (Lipinski definition) is 4. The van der Waals surface area contributed by atoms with Gasteiger partial charge in [-0.15, -0.1) is 0 Å². The second-order valence-corrected chi connectivity index (χ2v) is 7.21. The number of benzene rings is 4. The zero-order valence-electron chi connectivity index (χ0n) is 20.0. The van der Waals surface area contributed by atoms with Gasteiger partial charge < -0.3 is 18.9 Å². The Labute approximate surface area is 212 Å². The van der Waals surface area contributed by atoms with Gasteiger partial charge in [0.15, 0.2) is 0 Å². The largest absolute Gasteiger partial charge is 0.466 e. The quantitative estimate of drug-likeness (QED) is 0.214. The molecule has 0 unspecified atom stereocenters. The van der Waals surface area contributed by atoms with Gasteiger partial charge in [-0.1, -0.05) is 80.9 Å². The average Bonchev–Trinajstić information content (AvgIpc) is 2.91. The summed E-state index contributed by atoms with van der Waals surface area (Å²) < 4.78 is 21.1. The van der Waals surface area contributed by atoms with Gasteiger partial charge in [0.1, 0.15) is 23.0 Å². The second-order valence-electron chi connectivity index (χ2n) is 7.21. The Hall–Kier alpha value is -4.96. The molecule has 0 amide bonds. The van der Waals surface area contributed by atoms with Crippen LogP contribution in [0.2, 0.25) is 0 Å². The molecule has 4 aromatic carbocycles. The fourth-order valence-corrected chi connectivity index (χ4v) is 3.40. The van der Waals surface area contributed by atoms with Gasteiger partial charge in [0.2, 0.25) is 0 Å². The molecule has 180 valence electrons. The summed E-state index contributed by atoms with van der Waals surface area (Å²) in [6.45, 7) is 14.2. The minimum absolute atomic E-state index is 0.746. The number of para-hydroxylation sites is 1. The Bertz CT molecular complexity index is 1310. The predicted molar refractivity (Wildman–Crippen MR) is 147 cm³/mol. The van der Waals surface area contributed by atoms with Crippen LogP contribution in [0, 0.1) is 0 Å². The van der Waals surface area contributed by atoms with Crippen molar-refractivity contribution in [3.05, 3.63) is 148 Å². The fraction of sp³-hybridized carbons (Fsp3) is 0. The second kappa shape index (κ2) is 13.7. The van der Waals surface area contributed by atoms with Crippen LogP contribution in [-0.4, -0.2) is 0 Å². The Balaban J connectivity index is 0.000000201. The van der Waals surface area contributed by atoms with Gasteiger partial charge >= 0.3 is 0 Å². The van der Waals surface area contributed by atoms with Crippen molar-refractivity contribution in [3.8, 4) is 45.3 Å². The lowest BCUT2D eigenvalue weighted by Gasteiger charge is -2.09. The maximum atomic E-state index is 5.39. The Kier molecular flexibility index (Phi) is 9.75. The van der Waals surface area contributed by atoms with E-state index in [-0.39, 0.29) is 0 Å². The maximum absolute atomic E-state index is 5.39. The summed E-state index contributed by atoms with van der Waals surface area (Å²) in [4.78, 5) is 0. The molecule has 0 aromatic heterocycles. The van der Waals surface area contributed by atoms with Crippen LogP contribution in [0.1, 0.15) is 0 Å². The highest BCUT2D eigenvalue weighted by atomic mass is 16.5. The monoisotopic (exact) mass is 476 g/mol. The Morgan fingerprint density at radius 1 is 0.417 bits per heavy atom. The van der Waals surface area contributed by atoms with Gasteiger partial charge in [-0.05, 0) is 59.2 Å². The molecule has 0 bridgehead atoms. The van der Waals surface area contributed by atoms with E-state index in [9.17, 15) is 0 Å². The summed E-state index contributed by atoms with van der Waals surface area (Å²) in [5, 5.41) is 0. The van der Waals surface area contributed by atoms with E-state index in [1.807, 2.05) is 97.1 Å². The molecule has 0 spiro atoms. The van der Waals surface area contributed by atoms with Crippen molar-refractivity contribution in [2.45, 2.75) is 0 Å². The summed E-state index contributed by atoms with van der Waals surface area (Å²) in [6, 6.07) is 31.1. The normalized spacial score (nSPS) is 9.56. The first-order valence-electron chi connectivity index (χ1n) is 11.2. The van der Waals surface area contributed by atoms with E-state index in [1.54, 1.807) is 0 Å². The predicted octanol–water partition coefficient (Wildman–Crippen LogP) is 8.80. The van der Waals surface area contributed by atoms with Crippen molar-refractivity contribution in [3.63, 3.8) is 0 Å². The highest BCUT2D eigenvalue weighted by Gasteiger charge is 2.06. The van der Waals surface area contributed by atoms with Crippen LogP contribution in [-0.2, 0) is 0 Å². The molecule has 0 saturated heterocycles. The third kappa shape index (κ3) is 7.27. The van der Waals surface area contributed by atoms with Gasteiger partial charge in [-0.25, -0.2) is 0 Å². The molecule has 0 saturated carbocycles. The molecule has 0 aliphatic carbocycles. The molecule has 4 aromatic rings. The number of rotatable bonds is 10. The molecule has 4 rings (SSSR count). The number of hydrogen-bond donors (Lipinski definition) is 0. The molecule has 0 N–H and O–H groups in total. The SMILES string of the molecule is C=COc1ccc(-c2cccc(OC=C)c2)cc1.C=COc1cccc(-c2ccccc2OC=C)c1. The summed E-state index contributed by atoms with van der Waals surface area (Å²) in [5.74, 6) is 3.06. The summed E-state index contributed by atoms with van der Waals surface area (Å²) in [7, 11) is 0. The topological polar surface area (TPSA) is 36.9 Å². The zero-order chi connectivity index (χ0) is 25.6. The van der Waals surface area contributed by atoms with Gasteiger partial charge in [0.25, 0.3) is 0 Å².